The lowest BCUT2D eigenvalue weighted by Gasteiger charge is -2.20. The number of sulfonamides is 1. The summed E-state index contributed by atoms with van der Waals surface area (Å²) in [7, 11) is -3.42. The van der Waals surface area contributed by atoms with Crippen molar-refractivity contribution in [2.45, 2.75) is 58.0 Å². The molecule has 0 aliphatic carbocycles. The van der Waals surface area contributed by atoms with Gasteiger partial charge in [0.15, 0.2) is 0 Å². The van der Waals surface area contributed by atoms with Crippen LogP contribution in [0.2, 0.25) is 0 Å². The quantitative estimate of drug-likeness (QED) is 0.757. The molecule has 7 nitrogen and oxygen atoms in total. The molecule has 1 aromatic carbocycles. The summed E-state index contributed by atoms with van der Waals surface area (Å²) in [6.45, 7) is 12.5. The summed E-state index contributed by atoms with van der Waals surface area (Å²) in [5.41, 5.74) is 2.98. The topological polar surface area (TPSA) is 71.3 Å². The van der Waals surface area contributed by atoms with Crippen molar-refractivity contribution < 1.29 is 8.42 Å². The monoisotopic (exact) mass is 391 g/mol. The van der Waals surface area contributed by atoms with Crippen molar-refractivity contribution in [1.82, 2.24) is 19.3 Å². The second-order valence-corrected chi connectivity index (χ2v) is 9.81. The van der Waals surface area contributed by atoms with Gasteiger partial charge in [-0.15, -0.1) is 5.10 Å². The normalized spacial score (nSPS) is 14.8. The fourth-order valence-corrected chi connectivity index (χ4v) is 4.89. The van der Waals surface area contributed by atoms with Crippen molar-refractivity contribution in [3.8, 4) is 0 Å². The summed E-state index contributed by atoms with van der Waals surface area (Å²) in [5.74, 6) is 0. The number of fused-ring (bicyclic) bond motifs is 1. The Morgan fingerprint density at radius 1 is 1.19 bits per heavy atom. The van der Waals surface area contributed by atoms with Gasteiger partial charge in [0.05, 0.1) is 23.2 Å². The third-order valence-corrected chi connectivity index (χ3v) is 7.01. The minimum absolute atomic E-state index is 0.0954. The maximum Gasteiger partial charge on any atom is 0.243 e. The third-order valence-electron chi connectivity index (χ3n) is 4.97. The van der Waals surface area contributed by atoms with Crippen LogP contribution in [0.25, 0.3) is 0 Å². The first kappa shape index (κ1) is 19.8. The molecule has 2 heterocycles. The van der Waals surface area contributed by atoms with Crippen molar-refractivity contribution in [1.29, 1.82) is 0 Å². The molecule has 0 amide bonds. The zero-order valence-corrected chi connectivity index (χ0v) is 17.6. The highest BCUT2D eigenvalue weighted by Crippen LogP contribution is 2.32. The van der Waals surface area contributed by atoms with E-state index in [0.29, 0.717) is 24.5 Å². The maximum absolute atomic E-state index is 12.8. The van der Waals surface area contributed by atoms with E-state index in [4.69, 9.17) is 0 Å². The summed E-state index contributed by atoms with van der Waals surface area (Å²) in [6, 6.07) is 5.47. The highest BCUT2D eigenvalue weighted by atomic mass is 32.2. The molecule has 3 rings (SSSR count). The van der Waals surface area contributed by atoms with Gasteiger partial charge < -0.3 is 4.90 Å². The SMILES string of the molecule is CCN(CC)S(=O)(=O)c1ccc2c(c1)CCN2Cc1cn(C(C)(C)C)nn1. The Morgan fingerprint density at radius 2 is 1.89 bits per heavy atom. The molecule has 148 valence electrons. The van der Waals surface area contributed by atoms with Gasteiger partial charge >= 0.3 is 0 Å². The molecule has 0 radical (unpaired) electrons. The second-order valence-electron chi connectivity index (χ2n) is 7.88. The van der Waals surface area contributed by atoms with Gasteiger partial charge in [-0.2, -0.15) is 4.31 Å². The van der Waals surface area contributed by atoms with Gasteiger partial charge in [-0.25, -0.2) is 13.1 Å². The van der Waals surface area contributed by atoms with E-state index >= 15 is 0 Å². The fourth-order valence-electron chi connectivity index (χ4n) is 3.38. The second kappa shape index (κ2) is 7.24. The van der Waals surface area contributed by atoms with E-state index in [1.54, 1.807) is 6.07 Å². The summed E-state index contributed by atoms with van der Waals surface area (Å²) in [5, 5.41) is 8.52. The molecule has 0 unspecified atom stereocenters. The molecule has 0 saturated carbocycles. The van der Waals surface area contributed by atoms with Crippen LogP contribution >= 0.6 is 0 Å². The Labute approximate surface area is 162 Å². The lowest BCUT2D eigenvalue weighted by molar-refractivity contribution is 0.347. The lowest BCUT2D eigenvalue weighted by Crippen LogP contribution is -2.30. The minimum Gasteiger partial charge on any atom is -0.365 e. The molecule has 0 fully saturated rings. The lowest BCUT2D eigenvalue weighted by atomic mass is 10.1. The summed E-state index contributed by atoms with van der Waals surface area (Å²) in [6.07, 6.45) is 2.82. The molecule has 1 aliphatic rings. The molecule has 0 bridgehead atoms. The van der Waals surface area contributed by atoms with Crippen LogP contribution in [0.1, 0.15) is 45.9 Å². The van der Waals surface area contributed by atoms with E-state index in [0.717, 1.165) is 29.9 Å². The number of anilines is 1. The van der Waals surface area contributed by atoms with Crippen LogP contribution in [-0.4, -0.2) is 47.4 Å². The van der Waals surface area contributed by atoms with Gasteiger partial charge in [0.2, 0.25) is 10.0 Å². The Kier molecular flexibility index (Phi) is 5.31. The number of nitrogens with zero attached hydrogens (tertiary/aromatic N) is 5. The van der Waals surface area contributed by atoms with Crippen LogP contribution in [0, 0.1) is 0 Å². The fraction of sp³-hybridized carbons (Fsp3) is 0.579. The molecule has 0 saturated heterocycles. The molecule has 0 spiro atoms. The van der Waals surface area contributed by atoms with E-state index < -0.39 is 10.0 Å². The van der Waals surface area contributed by atoms with E-state index in [-0.39, 0.29) is 5.54 Å². The maximum atomic E-state index is 12.8. The molecular formula is C19H29N5O2S. The Hall–Kier alpha value is -1.93. The van der Waals surface area contributed by atoms with Crippen molar-refractivity contribution in [3.63, 3.8) is 0 Å². The average Bonchev–Trinajstić information content (AvgIpc) is 3.23. The van der Waals surface area contributed by atoms with Gasteiger partial charge in [-0.3, -0.25) is 0 Å². The largest absolute Gasteiger partial charge is 0.365 e. The standard InChI is InChI=1S/C19H29N5O2S/c1-6-23(7-2)27(25,26)17-8-9-18-15(12-17)10-11-22(18)13-16-14-24(21-20-16)19(3,4)5/h8-9,12,14H,6-7,10-11,13H2,1-5H3. The van der Waals surface area contributed by atoms with Crippen molar-refractivity contribution in [3.05, 3.63) is 35.7 Å². The van der Waals surface area contributed by atoms with Gasteiger partial charge in [0, 0.05) is 25.3 Å². The molecule has 1 aromatic heterocycles. The van der Waals surface area contributed by atoms with Crippen molar-refractivity contribution in [2.75, 3.05) is 24.5 Å². The van der Waals surface area contributed by atoms with Gasteiger partial charge in [0.25, 0.3) is 0 Å². The molecule has 0 atom stereocenters. The number of rotatable bonds is 6. The van der Waals surface area contributed by atoms with E-state index in [1.165, 1.54) is 4.31 Å². The van der Waals surface area contributed by atoms with E-state index in [2.05, 4.69) is 36.0 Å². The van der Waals surface area contributed by atoms with Crippen LogP contribution in [0.3, 0.4) is 0 Å². The molecule has 2 aromatic rings. The van der Waals surface area contributed by atoms with Crippen LogP contribution in [-0.2, 0) is 28.5 Å². The first-order valence-electron chi connectivity index (χ1n) is 9.46. The third kappa shape index (κ3) is 3.87. The Bertz CT molecular complexity index is 910. The van der Waals surface area contributed by atoms with Crippen LogP contribution < -0.4 is 4.90 Å². The first-order valence-corrected chi connectivity index (χ1v) is 10.9. The zero-order valence-electron chi connectivity index (χ0n) is 16.8. The molecular weight excluding hydrogens is 362 g/mol. The zero-order chi connectivity index (χ0) is 19.8. The number of benzene rings is 1. The predicted molar refractivity (Wildman–Crippen MR) is 106 cm³/mol. The van der Waals surface area contributed by atoms with E-state index in [1.807, 2.05) is 36.9 Å². The van der Waals surface area contributed by atoms with Gasteiger partial charge in [-0.05, 0) is 51.0 Å². The Morgan fingerprint density at radius 3 is 2.48 bits per heavy atom. The molecule has 8 heteroatoms. The molecule has 0 N–H and O–H groups in total. The summed E-state index contributed by atoms with van der Waals surface area (Å²) >= 11 is 0. The summed E-state index contributed by atoms with van der Waals surface area (Å²) in [4.78, 5) is 2.62. The van der Waals surface area contributed by atoms with E-state index in [9.17, 15) is 8.42 Å². The van der Waals surface area contributed by atoms with Crippen LogP contribution in [0.4, 0.5) is 5.69 Å². The number of hydrogen-bond donors (Lipinski definition) is 0. The number of hydrogen-bond acceptors (Lipinski definition) is 5. The van der Waals surface area contributed by atoms with Crippen molar-refractivity contribution in [2.24, 2.45) is 0 Å². The Balaban J connectivity index is 1.81. The smallest absolute Gasteiger partial charge is 0.243 e. The average molecular weight is 392 g/mol. The number of aromatic nitrogens is 3. The summed E-state index contributed by atoms with van der Waals surface area (Å²) < 4.78 is 28.9. The van der Waals surface area contributed by atoms with Crippen LogP contribution in [0.15, 0.2) is 29.3 Å². The highest BCUT2D eigenvalue weighted by Gasteiger charge is 2.26. The van der Waals surface area contributed by atoms with Gasteiger partial charge in [0.1, 0.15) is 5.69 Å². The van der Waals surface area contributed by atoms with Crippen LogP contribution in [0.5, 0.6) is 0 Å². The first-order chi connectivity index (χ1) is 12.7. The predicted octanol–water partition coefficient (Wildman–Crippen LogP) is 2.63. The van der Waals surface area contributed by atoms with Crippen molar-refractivity contribution >= 4 is 15.7 Å². The highest BCUT2D eigenvalue weighted by molar-refractivity contribution is 7.89. The minimum atomic E-state index is -3.42. The molecule has 1 aliphatic heterocycles. The molecule has 27 heavy (non-hydrogen) atoms. The van der Waals surface area contributed by atoms with Gasteiger partial charge in [-0.1, -0.05) is 19.1 Å².